The molecule has 2 nitrogen and oxygen atoms in total. The molecular weight excluding hydrogens is 328 g/mol. The molecular formula is C25H28N2. The summed E-state index contributed by atoms with van der Waals surface area (Å²) in [6.07, 6.45) is 2.00. The Hall–Kier alpha value is -3.00. The molecule has 0 aliphatic rings. The van der Waals surface area contributed by atoms with Gasteiger partial charge in [-0.2, -0.15) is 0 Å². The molecule has 0 saturated carbocycles. The van der Waals surface area contributed by atoms with Crippen molar-refractivity contribution < 1.29 is 0 Å². The normalized spacial score (nSPS) is 13.7. The van der Waals surface area contributed by atoms with Crippen molar-refractivity contribution in [2.24, 2.45) is 0 Å². The lowest BCUT2D eigenvalue weighted by Gasteiger charge is -2.30. The van der Waals surface area contributed by atoms with Gasteiger partial charge in [0.25, 0.3) is 0 Å². The minimum Gasteiger partial charge on any atom is -0.399 e. The SMILES string of the molecule is C=CC(C)(c1ccc(N)cc1)c1ccc(C(C)(C)c2ccc(N)cc2)cc1. The summed E-state index contributed by atoms with van der Waals surface area (Å²) in [6.45, 7) is 10.8. The molecule has 138 valence electrons. The van der Waals surface area contributed by atoms with Gasteiger partial charge in [-0.25, -0.2) is 0 Å². The average Bonchev–Trinajstić information content (AvgIpc) is 2.68. The molecule has 27 heavy (non-hydrogen) atoms. The standard InChI is InChI=1S/C25H28N2/c1-5-25(4,21-12-16-23(27)17-13-21)20-8-6-18(7-9-20)24(2,3)19-10-14-22(26)15-11-19/h5-17H,1,26-27H2,2-4H3. The first-order valence-electron chi connectivity index (χ1n) is 9.24. The molecule has 0 bridgehead atoms. The van der Waals surface area contributed by atoms with Crippen LogP contribution in [0, 0.1) is 0 Å². The van der Waals surface area contributed by atoms with Crippen LogP contribution in [0.5, 0.6) is 0 Å². The minimum absolute atomic E-state index is 0.0992. The maximum atomic E-state index is 5.85. The van der Waals surface area contributed by atoms with Gasteiger partial charge in [0.05, 0.1) is 0 Å². The van der Waals surface area contributed by atoms with E-state index in [4.69, 9.17) is 11.5 Å². The zero-order chi connectivity index (χ0) is 19.7. The second-order valence-corrected chi connectivity index (χ2v) is 7.85. The van der Waals surface area contributed by atoms with Crippen LogP contribution in [-0.2, 0) is 10.8 Å². The minimum atomic E-state index is -0.266. The lowest BCUT2D eigenvalue weighted by atomic mass is 9.74. The highest BCUT2D eigenvalue weighted by Crippen LogP contribution is 2.36. The lowest BCUT2D eigenvalue weighted by Crippen LogP contribution is -2.22. The molecule has 0 aliphatic heterocycles. The summed E-state index contributed by atoms with van der Waals surface area (Å²) in [5.41, 5.74) is 17.8. The molecule has 0 fully saturated rings. The van der Waals surface area contributed by atoms with E-state index in [1.807, 2.05) is 30.3 Å². The van der Waals surface area contributed by atoms with E-state index in [0.29, 0.717) is 0 Å². The third-order valence-corrected chi connectivity index (χ3v) is 5.76. The Kier molecular flexibility index (Phi) is 4.84. The smallest absolute Gasteiger partial charge is 0.0351 e. The van der Waals surface area contributed by atoms with Gasteiger partial charge in [0, 0.05) is 22.2 Å². The number of benzene rings is 3. The van der Waals surface area contributed by atoms with Crippen molar-refractivity contribution in [2.45, 2.75) is 31.6 Å². The Labute approximate surface area is 162 Å². The van der Waals surface area contributed by atoms with Crippen LogP contribution in [0.3, 0.4) is 0 Å². The number of rotatable bonds is 5. The van der Waals surface area contributed by atoms with Gasteiger partial charge in [0.2, 0.25) is 0 Å². The number of hydrogen-bond donors (Lipinski definition) is 2. The highest BCUT2D eigenvalue weighted by Gasteiger charge is 2.27. The van der Waals surface area contributed by atoms with Crippen LogP contribution in [0.4, 0.5) is 11.4 Å². The van der Waals surface area contributed by atoms with Gasteiger partial charge in [-0.1, -0.05) is 68.5 Å². The van der Waals surface area contributed by atoms with Gasteiger partial charge >= 0.3 is 0 Å². The number of anilines is 2. The second kappa shape index (κ2) is 6.96. The maximum absolute atomic E-state index is 5.85. The van der Waals surface area contributed by atoms with Gasteiger partial charge in [0.15, 0.2) is 0 Å². The largest absolute Gasteiger partial charge is 0.399 e. The molecule has 0 spiro atoms. The molecule has 3 aromatic rings. The fourth-order valence-electron chi connectivity index (χ4n) is 3.53. The van der Waals surface area contributed by atoms with Crippen molar-refractivity contribution in [3.05, 3.63) is 108 Å². The van der Waals surface area contributed by atoms with E-state index in [0.717, 1.165) is 11.4 Å². The van der Waals surface area contributed by atoms with Crippen LogP contribution < -0.4 is 11.5 Å². The Morgan fingerprint density at radius 1 is 0.593 bits per heavy atom. The highest BCUT2D eigenvalue weighted by atomic mass is 14.5. The van der Waals surface area contributed by atoms with Crippen molar-refractivity contribution in [2.75, 3.05) is 11.5 Å². The average molecular weight is 357 g/mol. The van der Waals surface area contributed by atoms with E-state index >= 15 is 0 Å². The summed E-state index contributed by atoms with van der Waals surface area (Å²) in [6, 6.07) is 25.0. The first kappa shape index (κ1) is 18.8. The van der Waals surface area contributed by atoms with E-state index in [-0.39, 0.29) is 10.8 Å². The number of nitrogen functional groups attached to an aromatic ring is 2. The summed E-state index contributed by atoms with van der Waals surface area (Å²) in [5.74, 6) is 0. The summed E-state index contributed by atoms with van der Waals surface area (Å²) in [7, 11) is 0. The van der Waals surface area contributed by atoms with E-state index < -0.39 is 0 Å². The molecule has 0 aliphatic carbocycles. The monoisotopic (exact) mass is 356 g/mol. The number of nitrogens with two attached hydrogens (primary N) is 2. The van der Waals surface area contributed by atoms with E-state index in [1.54, 1.807) is 0 Å². The van der Waals surface area contributed by atoms with Crippen molar-refractivity contribution in [1.29, 1.82) is 0 Å². The zero-order valence-electron chi connectivity index (χ0n) is 16.4. The van der Waals surface area contributed by atoms with Crippen molar-refractivity contribution in [3.8, 4) is 0 Å². The van der Waals surface area contributed by atoms with Gasteiger partial charge in [-0.15, -0.1) is 6.58 Å². The van der Waals surface area contributed by atoms with Crippen molar-refractivity contribution in [1.82, 2.24) is 0 Å². The molecule has 3 rings (SSSR count). The van der Waals surface area contributed by atoms with E-state index in [1.165, 1.54) is 22.3 Å². The first-order valence-corrected chi connectivity index (χ1v) is 9.24. The topological polar surface area (TPSA) is 52.0 Å². The quantitative estimate of drug-likeness (QED) is 0.457. The summed E-state index contributed by atoms with van der Waals surface area (Å²) in [4.78, 5) is 0. The number of hydrogen-bond acceptors (Lipinski definition) is 2. The van der Waals surface area contributed by atoms with Crippen LogP contribution in [0.15, 0.2) is 85.5 Å². The van der Waals surface area contributed by atoms with Crippen molar-refractivity contribution >= 4 is 11.4 Å². The highest BCUT2D eigenvalue weighted by molar-refractivity contribution is 5.50. The Morgan fingerprint density at radius 3 is 1.26 bits per heavy atom. The molecule has 0 amide bonds. The fraction of sp³-hybridized carbons (Fsp3) is 0.200. The Morgan fingerprint density at radius 2 is 0.889 bits per heavy atom. The Balaban J connectivity index is 1.97. The van der Waals surface area contributed by atoms with Gasteiger partial charge in [-0.05, 0) is 53.4 Å². The maximum Gasteiger partial charge on any atom is 0.0351 e. The molecule has 0 radical (unpaired) electrons. The molecule has 4 N–H and O–H groups in total. The predicted octanol–water partition coefficient (Wildman–Crippen LogP) is 5.67. The Bertz CT molecular complexity index is 920. The molecule has 1 unspecified atom stereocenters. The van der Waals surface area contributed by atoms with Crippen LogP contribution in [0.25, 0.3) is 0 Å². The third kappa shape index (κ3) is 3.48. The van der Waals surface area contributed by atoms with Gasteiger partial charge < -0.3 is 11.5 Å². The molecule has 0 heterocycles. The van der Waals surface area contributed by atoms with Crippen LogP contribution in [-0.4, -0.2) is 0 Å². The lowest BCUT2D eigenvalue weighted by molar-refractivity contribution is 0.638. The zero-order valence-corrected chi connectivity index (χ0v) is 16.4. The first-order chi connectivity index (χ1) is 12.8. The molecule has 2 heteroatoms. The van der Waals surface area contributed by atoms with Crippen LogP contribution in [0.2, 0.25) is 0 Å². The van der Waals surface area contributed by atoms with Gasteiger partial charge in [-0.3, -0.25) is 0 Å². The predicted molar refractivity (Wildman–Crippen MR) is 117 cm³/mol. The van der Waals surface area contributed by atoms with E-state index in [9.17, 15) is 0 Å². The van der Waals surface area contributed by atoms with Crippen LogP contribution >= 0.6 is 0 Å². The summed E-state index contributed by atoms with van der Waals surface area (Å²) in [5, 5.41) is 0. The van der Waals surface area contributed by atoms with Gasteiger partial charge in [0.1, 0.15) is 0 Å². The summed E-state index contributed by atoms with van der Waals surface area (Å²) < 4.78 is 0. The molecule has 0 saturated heterocycles. The molecule has 3 aromatic carbocycles. The second-order valence-electron chi connectivity index (χ2n) is 7.85. The fourth-order valence-corrected chi connectivity index (χ4v) is 3.53. The summed E-state index contributed by atoms with van der Waals surface area (Å²) >= 11 is 0. The molecule has 1 atom stereocenters. The van der Waals surface area contributed by atoms with Crippen LogP contribution in [0.1, 0.15) is 43.0 Å². The number of allylic oxidation sites excluding steroid dienone is 1. The van der Waals surface area contributed by atoms with E-state index in [2.05, 4.69) is 75.9 Å². The van der Waals surface area contributed by atoms with Crippen molar-refractivity contribution in [3.63, 3.8) is 0 Å². The third-order valence-electron chi connectivity index (χ3n) is 5.76. The molecule has 0 aromatic heterocycles.